The highest BCUT2D eigenvalue weighted by Gasteiger charge is 2.47. The smallest absolute Gasteiger partial charge is 0.329 e. The van der Waals surface area contributed by atoms with Gasteiger partial charge >= 0.3 is 5.97 Å². The molecule has 5 nitrogen and oxygen atoms in total. The average molecular weight is 270 g/mol. The van der Waals surface area contributed by atoms with Gasteiger partial charge in [0.1, 0.15) is 5.54 Å². The normalized spacial score (nSPS) is 23.3. The van der Waals surface area contributed by atoms with Gasteiger partial charge < -0.3 is 10.0 Å². The van der Waals surface area contributed by atoms with Gasteiger partial charge in [-0.05, 0) is 31.4 Å². The zero-order chi connectivity index (χ0) is 13.2. The Labute approximate surface area is 111 Å². The quantitative estimate of drug-likeness (QED) is 0.909. The number of halogens is 1. The molecule has 1 aliphatic rings. The van der Waals surface area contributed by atoms with E-state index in [1.807, 2.05) is 11.8 Å². The summed E-state index contributed by atoms with van der Waals surface area (Å²) in [6.07, 6.45) is 2.95. The highest BCUT2D eigenvalue weighted by molar-refractivity contribution is 6.29. The van der Waals surface area contributed by atoms with Crippen LogP contribution in [0.25, 0.3) is 0 Å². The van der Waals surface area contributed by atoms with E-state index in [1.54, 1.807) is 12.1 Å². The van der Waals surface area contributed by atoms with Crippen LogP contribution >= 0.6 is 11.6 Å². The number of aromatic nitrogens is 2. The third-order valence-corrected chi connectivity index (χ3v) is 3.65. The molecule has 18 heavy (non-hydrogen) atoms. The fourth-order valence-corrected chi connectivity index (χ4v) is 2.77. The average Bonchev–Trinajstić information content (AvgIpc) is 2.76. The van der Waals surface area contributed by atoms with Crippen molar-refractivity contribution in [2.24, 2.45) is 0 Å². The molecule has 1 aromatic heterocycles. The van der Waals surface area contributed by atoms with Crippen LogP contribution in [-0.2, 0) is 4.79 Å². The highest BCUT2D eigenvalue weighted by atomic mass is 35.5. The van der Waals surface area contributed by atoms with E-state index in [0.717, 1.165) is 12.8 Å². The molecule has 0 aliphatic carbocycles. The second-order valence-corrected chi connectivity index (χ2v) is 4.94. The summed E-state index contributed by atoms with van der Waals surface area (Å²) in [7, 11) is 0. The molecule has 1 atom stereocenters. The molecule has 0 radical (unpaired) electrons. The van der Waals surface area contributed by atoms with E-state index in [9.17, 15) is 9.90 Å². The lowest BCUT2D eigenvalue weighted by atomic mass is 9.90. The zero-order valence-corrected chi connectivity index (χ0v) is 11.0. The molecule has 2 rings (SSSR count). The van der Waals surface area contributed by atoms with Gasteiger partial charge in [0.2, 0.25) is 0 Å². The van der Waals surface area contributed by atoms with E-state index >= 15 is 0 Å². The van der Waals surface area contributed by atoms with Crippen LogP contribution in [0.5, 0.6) is 0 Å². The Morgan fingerprint density at radius 2 is 2.33 bits per heavy atom. The van der Waals surface area contributed by atoms with Crippen LogP contribution in [0.15, 0.2) is 12.1 Å². The number of nitrogens with zero attached hydrogens (tertiary/aromatic N) is 3. The van der Waals surface area contributed by atoms with Crippen LogP contribution in [0.1, 0.15) is 32.6 Å². The van der Waals surface area contributed by atoms with E-state index < -0.39 is 11.5 Å². The number of rotatable bonds is 4. The zero-order valence-electron chi connectivity index (χ0n) is 10.3. The third-order valence-electron chi connectivity index (χ3n) is 3.44. The summed E-state index contributed by atoms with van der Waals surface area (Å²) in [5.41, 5.74) is -0.836. The molecule has 0 spiro atoms. The van der Waals surface area contributed by atoms with Gasteiger partial charge in [0, 0.05) is 6.54 Å². The Kier molecular flexibility index (Phi) is 3.71. The van der Waals surface area contributed by atoms with Gasteiger partial charge in [-0.15, -0.1) is 10.2 Å². The molecular weight excluding hydrogens is 254 g/mol. The second-order valence-electron chi connectivity index (χ2n) is 4.56. The minimum absolute atomic E-state index is 0.314. The first-order valence-electron chi connectivity index (χ1n) is 6.10. The Balaban J connectivity index is 2.35. The lowest BCUT2D eigenvalue weighted by molar-refractivity contribution is -0.143. The van der Waals surface area contributed by atoms with Crippen LogP contribution in [0.2, 0.25) is 5.15 Å². The van der Waals surface area contributed by atoms with E-state index in [2.05, 4.69) is 10.2 Å². The van der Waals surface area contributed by atoms with Gasteiger partial charge in [-0.25, -0.2) is 4.79 Å². The van der Waals surface area contributed by atoms with Crippen molar-refractivity contribution in [1.82, 2.24) is 10.2 Å². The van der Waals surface area contributed by atoms with E-state index in [1.165, 1.54) is 0 Å². The summed E-state index contributed by atoms with van der Waals surface area (Å²) in [6.45, 7) is 2.69. The Morgan fingerprint density at radius 1 is 1.56 bits per heavy atom. The number of hydrogen-bond donors (Lipinski definition) is 1. The van der Waals surface area contributed by atoms with Crippen LogP contribution < -0.4 is 4.90 Å². The molecule has 0 aromatic carbocycles. The minimum atomic E-state index is -0.836. The number of anilines is 1. The topological polar surface area (TPSA) is 66.3 Å². The summed E-state index contributed by atoms with van der Waals surface area (Å²) < 4.78 is 0. The number of hydrogen-bond acceptors (Lipinski definition) is 4. The minimum Gasteiger partial charge on any atom is -0.479 e. The molecule has 0 saturated carbocycles. The first kappa shape index (κ1) is 13.1. The predicted molar refractivity (Wildman–Crippen MR) is 68.9 cm³/mol. The summed E-state index contributed by atoms with van der Waals surface area (Å²) >= 11 is 5.70. The summed E-state index contributed by atoms with van der Waals surface area (Å²) in [4.78, 5) is 13.5. The van der Waals surface area contributed by atoms with E-state index in [-0.39, 0.29) is 0 Å². The molecule has 6 heteroatoms. The number of carboxylic acids is 1. The van der Waals surface area contributed by atoms with Gasteiger partial charge in [-0.1, -0.05) is 24.9 Å². The maximum absolute atomic E-state index is 11.6. The molecular formula is C12H16ClN3O2. The van der Waals surface area contributed by atoms with Crippen molar-refractivity contribution in [3.05, 3.63) is 17.3 Å². The van der Waals surface area contributed by atoms with Crippen molar-refractivity contribution in [3.8, 4) is 0 Å². The van der Waals surface area contributed by atoms with E-state index in [4.69, 9.17) is 11.6 Å². The Bertz CT molecular complexity index is 437. The fraction of sp³-hybridized carbons (Fsp3) is 0.583. The SMILES string of the molecule is CCCC1(C(=O)O)CCCN1c1ccc(Cl)nn1. The highest BCUT2D eigenvalue weighted by Crippen LogP contribution is 2.36. The summed E-state index contributed by atoms with van der Waals surface area (Å²) in [5.74, 6) is -0.189. The van der Waals surface area contributed by atoms with Gasteiger partial charge in [0.25, 0.3) is 0 Å². The molecule has 1 aliphatic heterocycles. The van der Waals surface area contributed by atoms with Crippen LogP contribution in [0, 0.1) is 0 Å². The molecule has 0 amide bonds. The van der Waals surface area contributed by atoms with Crippen molar-refractivity contribution >= 4 is 23.4 Å². The molecule has 1 N–H and O–H groups in total. The van der Waals surface area contributed by atoms with Gasteiger partial charge in [-0.3, -0.25) is 0 Å². The molecule has 1 fully saturated rings. The molecule has 98 valence electrons. The predicted octanol–water partition coefficient (Wildman–Crippen LogP) is 2.35. The van der Waals surface area contributed by atoms with Crippen LogP contribution in [-0.4, -0.2) is 33.4 Å². The summed E-state index contributed by atoms with van der Waals surface area (Å²) in [6, 6.07) is 3.37. The van der Waals surface area contributed by atoms with Crippen LogP contribution in [0.3, 0.4) is 0 Å². The number of carboxylic acid groups (broad SMARTS) is 1. The number of aliphatic carboxylic acids is 1. The number of carbonyl (C=O) groups is 1. The van der Waals surface area contributed by atoms with Crippen molar-refractivity contribution in [3.63, 3.8) is 0 Å². The van der Waals surface area contributed by atoms with Crippen LogP contribution in [0.4, 0.5) is 5.82 Å². The maximum atomic E-state index is 11.6. The standard InChI is InChI=1S/C12H16ClN3O2/c1-2-6-12(11(17)18)7-3-8-16(12)10-5-4-9(13)14-15-10/h4-5H,2-3,6-8H2,1H3,(H,17,18). The lowest BCUT2D eigenvalue weighted by Crippen LogP contribution is -2.51. The summed E-state index contributed by atoms with van der Waals surface area (Å²) in [5, 5.41) is 17.7. The van der Waals surface area contributed by atoms with E-state index in [0.29, 0.717) is 30.4 Å². The second kappa shape index (κ2) is 5.10. The lowest BCUT2D eigenvalue weighted by Gasteiger charge is -2.35. The maximum Gasteiger partial charge on any atom is 0.329 e. The van der Waals surface area contributed by atoms with Crippen molar-refractivity contribution in [1.29, 1.82) is 0 Å². The molecule has 0 bridgehead atoms. The van der Waals surface area contributed by atoms with Crippen molar-refractivity contribution in [2.75, 3.05) is 11.4 Å². The Morgan fingerprint density at radius 3 is 2.89 bits per heavy atom. The van der Waals surface area contributed by atoms with Crippen molar-refractivity contribution in [2.45, 2.75) is 38.1 Å². The molecule has 1 saturated heterocycles. The molecule has 1 unspecified atom stereocenters. The largest absolute Gasteiger partial charge is 0.479 e. The molecule has 2 heterocycles. The fourth-order valence-electron chi connectivity index (χ4n) is 2.67. The monoisotopic (exact) mass is 269 g/mol. The van der Waals surface area contributed by atoms with Gasteiger partial charge in [0.05, 0.1) is 0 Å². The van der Waals surface area contributed by atoms with Crippen molar-refractivity contribution < 1.29 is 9.90 Å². The van der Waals surface area contributed by atoms with Gasteiger partial charge in [-0.2, -0.15) is 0 Å². The first-order valence-corrected chi connectivity index (χ1v) is 6.48. The third kappa shape index (κ3) is 2.14. The molecule has 1 aromatic rings. The van der Waals surface area contributed by atoms with Gasteiger partial charge in [0.15, 0.2) is 11.0 Å². The first-order chi connectivity index (χ1) is 8.60. The Hall–Kier alpha value is -1.36.